The van der Waals surface area contributed by atoms with Gasteiger partial charge in [0.25, 0.3) is 0 Å². The third-order valence-electron chi connectivity index (χ3n) is 2.19. The van der Waals surface area contributed by atoms with E-state index in [9.17, 15) is 4.79 Å². The van der Waals surface area contributed by atoms with Crippen molar-refractivity contribution in [1.82, 2.24) is 4.98 Å². The van der Waals surface area contributed by atoms with Crippen LogP contribution in [0.4, 0.5) is 0 Å². The highest BCUT2D eigenvalue weighted by Crippen LogP contribution is 2.22. The number of aromatic amines is 1. The van der Waals surface area contributed by atoms with Crippen LogP contribution in [0.3, 0.4) is 0 Å². The molecule has 0 saturated heterocycles. The molecule has 0 spiro atoms. The second-order valence-electron chi connectivity index (χ2n) is 3.32. The number of aromatic nitrogens is 1. The van der Waals surface area contributed by atoms with Crippen molar-refractivity contribution >= 4 is 28.6 Å². The van der Waals surface area contributed by atoms with E-state index < -0.39 is 0 Å². The molecule has 0 aliphatic heterocycles. The van der Waals surface area contributed by atoms with Gasteiger partial charge in [-0.25, -0.2) is 0 Å². The lowest BCUT2D eigenvalue weighted by molar-refractivity contribution is -0.139. The first-order valence-corrected chi connectivity index (χ1v) is 6.13. The zero-order chi connectivity index (χ0) is 11.4. The van der Waals surface area contributed by atoms with Crippen molar-refractivity contribution in [2.75, 3.05) is 12.4 Å². The Morgan fingerprint density at radius 1 is 1.44 bits per heavy atom. The lowest BCUT2D eigenvalue weighted by Crippen LogP contribution is -2.06. The maximum atomic E-state index is 11.2. The second kappa shape index (κ2) is 5.07. The van der Waals surface area contributed by atoms with Crippen LogP contribution in [-0.4, -0.2) is 23.3 Å². The molecule has 1 N–H and O–H groups in total. The molecule has 0 radical (unpaired) electrons. The predicted molar refractivity (Wildman–Crippen MR) is 65.7 cm³/mol. The summed E-state index contributed by atoms with van der Waals surface area (Å²) in [6, 6.07) is 8.10. The molecule has 0 unspecified atom stereocenters. The van der Waals surface area contributed by atoms with Gasteiger partial charge in [-0.2, -0.15) is 0 Å². The van der Waals surface area contributed by atoms with Crippen LogP contribution >= 0.6 is 11.8 Å². The van der Waals surface area contributed by atoms with Gasteiger partial charge in [-0.15, -0.1) is 11.8 Å². The van der Waals surface area contributed by atoms with Gasteiger partial charge in [0.05, 0.1) is 12.4 Å². The highest BCUT2D eigenvalue weighted by atomic mass is 32.2. The molecule has 0 aliphatic rings. The van der Waals surface area contributed by atoms with Crippen LogP contribution in [-0.2, 0) is 9.53 Å². The minimum absolute atomic E-state index is 0.165. The average Bonchev–Trinajstić information content (AvgIpc) is 2.74. The smallest absolute Gasteiger partial charge is 0.316 e. The van der Waals surface area contributed by atoms with E-state index in [0.29, 0.717) is 12.4 Å². The van der Waals surface area contributed by atoms with Gasteiger partial charge in [0.2, 0.25) is 0 Å². The van der Waals surface area contributed by atoms with Gasteiger partial charge in [-0.3, -0.25) is 4.79 Å². The van der Waals surface area contributed by atoms with E-state index in [0.717, 1.165) is 15.8 Å². The van der Waals surface area contributed by atoms with Gasteiger partial charge in [0.1, 0.15) is 0 Å². The van der Waals surface area contributed by atoms with Gasteiger partial charge in [0.15, 0.2) is 0 Å². The zero-order valence-electron chi connectivity index (χ0n) is 9.03. The first kappa shape index (κ1) is 11.1. The molecule has 4 heteroatoms. The molecule has 3 nitrogen and oxygen atoms in total. The molecule has 0 bridgehead atoms. The van der Waals surface area contributed by atoms with Crippen molar-refractivity contribution in [3.63, 3.8) is 0 Å². The average molecular weight is 235 g/mol. The Bertz CT molecular complexity index is 492. The summed E-state index contributed by atoms with van der Waals surface area (Å²) in [6.45, 7) is 2.25. The Labute approximate surface area is 98.2 Å². The summed E-state index contributed by atoms with van der Waals surface area (Å²) in [5.41, 5.74) is 1.11. The summed E-state index contributed by atoms with van der Waals surface area (Å²) in [5.74, 6) is 0.200. The molecule has 2 aromatic rings. The number of thioether (sulfide) groups is 1. The Balaban J connectivity index is 2.01. The van der Waals surface area contributed by atoms with Crippen molar-refractivity contribution in [1.29, 1.82) is 0 Å². The highest BCUT2D eigenvalue weighted by Gasteiger charge is 2.03. The molecule has 1 aromatic carbocycles. The predicted octanol–water partition coefficient (Wildman–Crippen LogP) is 2.82. The molecule has 84 valence electrons. The standard InChI is InChI=1S/C12H13NO2S/c1-2-15-12(14)8-16-10-3-4-11-9(7-10)5-6-13-11/h3-7,13H,2,8H2,1H3. The molecular formula is C12H13NO2S. The first-order chi connectivity index (χ1) is 7.79. The number of hydrogen-bond donors (Lipinski definition) is 1. The van der Waals surface area contributed by atoms with Crippen LogP contribution in [0.15, 0.2) is 35.4 Å². The summed E-state index contributed by atoms with van der Waals surface area (Å²) in [7, 11) is 0. The third-order valence-corrected chi connectivity index (χ3v) is 3.15. The Hall–Kier alpha value is -1.42. The van der Waals surface area contributed by atoms with E-state index >= 15 is 0 Å². The summed E-state index contributed by atoms with van der Waals surface area (Å²) < 4.78 is 4.87. The molecule has 1 aromatic heterocycles. The monoisotopic (exact) mass is 235 g/mol. The van der Waals surface area contributed by atoms with E-state index in [1.807, 2.05) is 31.3 Å². The molecule has 0 aliphatic carbocycles. The van der Waals surface area contributed by atoms with E-state index in [4.69, 9.17) is 4.74 Å². The minimum atomic E-state index is -0.165. The molecular weight excluding hydrogens is 222 g/mol. The number of fused-ring (bicyclic) bond motifs is 1. The van der Waals surface area contributed by atoms with Crippen molar-refractivity contribution in [3.05, 3.63) is 30.5 Å². The van der Waals surface area contributed by atoms with Gasteiger partial charge < -0.3 is 9.72 Å². The second-order valence-corrected chi connectivity index (χ2v) is 4.37. The largest absolute Gasteiger partial charge is 0.465 e. The lowest BCUT2D eigenvalue weighted by atomic mass is 10.2. The van der Waals surface area contributed by atoms with Crippen LogP contribution in [0.2, 0.25) is 0 Å². The summed E-state index contributed by atoms with van der Waals surface area (Å²) in [5, 5.41) is 1.16. The number of rotatable bonds is 4. The van der Waals surface area contributed by atoms with Crippen LogP contribution in [0.5, 0.6) is 0 Å². The topological polar surface area (TPSA) is 42.1 Å². The van der Waals surface area contributed by atoms with Crippen molar-refractivity contribution in [3.8, 4) is 0 Å². The molecule has 0 fully saturated rings. The first-order valence-electron chi connectivity index (χ1n) is 5.15. The highest BCUT2D eigenvalue weighted by molar-refractivity contribution is 8.00. The molecule has 0 saturated carbocycles. The van der Waals surface area contributed by atoms with Crippen LogP contribution in [0, 0.1) is 0 Å². The van der Waals surface area contributed by atoms with E-state index in [1.165, 1.54) is 11.8 Å². The maximum Gasteiger partial charge on any atom is 0.316 e. The van der Waals surface area contributed by atoms with Crippen LogP contribution in [0.25, 0.3) is 10.9 Å². The molecule has 1 heterocycles. The Kier molecular flexibility index (Phi) is 3.51. The molecule has 16 heavy (non-hydrogen) atoms. The number of carbonyl (C=O) groups excluding carboxylic acids is 1. The number of ether oxygens (including phenoxy) is 1. The fourth-order valence-electron chi connectivity index (χ4n) is 1.47. The number of benzene rings is 1. The fourth-order valence-corrected chi connectivity index (χ4v) is 2.21. The van der Waals surface area contributed by atoms with E-state index in [1.54, 1.807) is 0 Å². The molecule has 0 amide bonds. The minimum Gasteiger partial charge on any atom is -0.465 e. The number of carbonyl (C=O) groups is 1. The van der Waals surface area contributed by atoms with Crippen LogP contribution < -0.4 is 0 Å². The zero-order valence-corrected chi connectivity index (χ0v) is 9.84. The quantitative estimate of drug-likeness (QED) is 0.654. The van der Waals surface area contributed by atoms with E-state index in [2.05, 4.69) is 11.1 Å². The van der Waals surface area contributed by atoms with Crippen molar-refractivity contribution in [2.45, 2.75) is 11.8 Å². The van der Waals surface area contributed by atoms with Crippen molar-refractivity contribution < 1.29 is 9.53 Å². The maximum absolute atomic E-state index is 11.2. The van der Waals surface area contributed by atoms with Gasteiger partial charge in [0, 0.05) is 22.0 Å². The van der Waals surface area contributed by atoms with Crippen molar-refractivity contribution in [2.24, 2.45) is 0 Å². The number of esters is 1. The number of hydrogen-bond acceptors (Lipinski definition) is 3. The summed E-state index contributed by atoms with van der Waals surface area (Å²) in [6.07, 6.45) is 1.91. The lowest BCUT2D eigenvalue weighted by Gasteiger charge is -2.02. The van der Waals surface area contributed by atoms with Gasteiger partial charge in [-0.05, 0) is 31.2 Å². The summed E-state index contributed by atoms with van der Waals surface area (Å²) >= 11 is 1.50. The van der Waals surface area contributed by atoms with E-state index in [-0.39, 0.29) is 5.97 Å². The normalized spacial score (nSPS) is 10.6. The fraction of sp³-hybridized carbons (Fsp3) is 0.250. The SMILES string of the molecule is CCOC(=O)CSc1ccc2[nH]ccc2c1. The Morgan fingerprint density at radius 3 is 3.12 bits per heavy atom. The molecule has 0 atom stereocenters. The van der Waals surface area contributed by atoms with Crippen LogP contribution in [0.1, 0.15) is 6.92 Å². The number of nitrogens with one attached hydrogen (secondary N) is 1. The number of H-pyrrole nitrogens is 1. The van der Waals surface area contributed by atoms with Gasteiger partial charge >= 0.3 is 5.97 Å². The molecule has 2 rings (SSSR count). The third kappa shape index (κ3) is 2.58. The summed E-state index contributed by atoms with van der Waals surface area (Å²) in [4.78, 5) is 15.4. The Morgan fingerprint density at radius 2 is 2.31 bits per heavy atom. The van der Waals surface area contributed by atoms with Gasteiger partial charge in [-0.1, -0.05) is 0 Å².